The summed E-state index contributed by atoms with van der Waals surface area (Å²) < 4.78 is 5.86. The summed E-state index contributed by atoms with van der Waals surface area (Å²) in [6.07, 6.45) is 0. The number of hydrogen-bond acceptors (Lipinski definition) is 2. The number of halogens is 2. The van der Waals surface area contributed by atoms with E-state index in [-0.39, 0.29) is 11.7 Å². The molecule has 0 amide bonds. The summed E-state index contributed by atoms with van der Waals surface area (Å²) >= 11 is 8.71. The zero-order valence-electron chi connectivity index (χ0n) is 7.01. The van der Waals surface area contributed by atoms with Crippen molar-refractivity contribution in [2.45, 2.75) is 0 Å². The van der Waals surface area contributed by atoms with Crippen LogP contribution in [0.25, 0.3) is 0 Å². The van der Waals surface area contributed by atoms with E-state index < -0.39 is 0 Å². The molecular weight excluding hydrogens is 255 g/mol. The third kappa shape index (κ3) is 2.45. The van der Waals surface area contributed by atoms with Gasteiger partial charge in [0.05, 0.1) is 17.5 Å². The lowest BCUT2D eigenvalue weighted by atomic mass is 10.1. The number of ketones is 1. The van der Waals surface area contributed by atoms with Crippen LogP contribution in [0.5, 0.6) is 5.75 Å². The molecule has 1 aromatic carbocycles. The first kappa shape index (κ1) is 10.5. The molecule has 0 heterocycles. The Balaban J connectivity index is 3.06. The molecule has 0 fully saturated rings. The predicted octanol–water partition coefficient (Wildman–Crippen LogP) is 2.88. The summed E-state index contributed by atoms with van der Waals surface area (Å²) in [6, 6.07) is 5.13. The Morgan fingerprint density at radius 2 is 2.31 bits per heavy atom. The minimum Gasteiger partial charge on any atom is -0.496 e. The van der Waals surface area contributed by atoms with Crippen LogP contribution < -0.4 is 4.74 Å². The van der Waals surface area contributed by atoms with Crippen LogP contribution in [0, 0.1) is 0 Å². The van der Waals surface area contributed by atoms with Crippen LogP contribution in [0.15, 0.2) is 22.7 Å². The molecule has 0 atom stereocenters. The number of methoxy groups -OCH3 is 1. The molecule has 0 radical (unpaired) electrons. The number of benzene rings is 1. The van der Waals surface area contributed by atoms with Crippen molar-refractivity contribution in [3.8, 4) is 5.75 Å². The fraction of sp³-hybridized carbons (Fsp3) is 0.222. The normalized spacial score (nSPS) is 9.77. The van der Waals surface area contributed by atoms with Gasteiger partial charge in [-0.05, 0) is 34.1 Å². The lowest BCUT2D eigenvalue weighted by molar-refractivity contribution is 0.102. The standard InChI is InChI=1S/C9H8BrClO2/c1-13-9-4-6(8(12)5-11)2-3-7(9)10/h2-4H,5H2,1H3. The van der Waals surface area contributed by atoms with Crippen LogP contribution in [-0.4, -0.2) is 18.8 Å². The first-order valence-corrected chi connectivity index (χ1v) is 4.94. The quantitative estimate of drug-likeness (QED) is 0.619. The van der Waals surface area contributed by atoms with E-state index in [2.05, 4.69) is 15.9 Å². The maximum atomic E-state index is 11.2. The van der Waals surface area contributed by atoms with Crippen molar-refractivity contribution in [1.29, 1.82) is 0 Å². The third-order valence-corrected chi connectivity index (χ3v) is 2.49. The highest BCUT2D eigenvalue weighted by molar-refractivity contribution is 9.10. The molecule has 0 spiro atoms. The first-order chi connectivity index (χ1) is 6.19. The Kier molecular flexibility index (Phi) is 3.75. The fourth-order valence-corrected chi connectivity index (χ4v) is 1.47. The first-order valence-electron chi connectivity index (χ1n) is 3.61. The van der Waals surface area contributed by atoms with E-state index in [0.29, 0.717) is 11.3 Å². The average Bonchev–Trinajstić information content (AvgIpc) is 2.17. The van der Waals surface area contributed by atoms with Gasteiger partial charge in [0.25, 0.3) is 0 Å². The van der Waals surface area contributed by atoms with Gasteiger partial charge in [0, 0.05) is 5.56 Å². The maximum absolute atomic E-state index is 11.2. The topological polar surface area (TPSA) is 26.3 Å². The molecule has 0 aliphatic heterocycles. The highest BCUT2D eigenvalue weighted by Gasteiger charge is 2.07. The zero-order chi connectivity index (χ0) is 9.84. The van der Waals surface area contributed by atoms with E-state index >= 15 is 0 Å². The van der Waals surface area contributed by atoms with Gasteiger partial charge in [0.2, 0.25) is 0 Å². The third-order valence-electron chi connectivity index (χ3n) is 1.59. The lowest BCUT2D eigenvalue weighted by Gasteiger charge is -2.04. The number of carbonyl (C=O) groups excluding carboxylic acids is 1. The van der Waals surface area contributed by atoms with E-state index in [4.69, 9.17) is 16.3 Å². The zero-order valence-corrected chi connectivity index (χ0v) is 9.35. The second kappa shape index (κ2) is 4.63. The largest absolute Gasteiger partial charge is 0.496 e. The molecule has 2 nitrogen and oxygen atoms in total. The molecule has 0 N–H and O–H groups in total. The summed E-state index contributed by atoms with van der Waals surface area (Å²) in [5.41, 5.74) is 0.565. The molecule has 70 valence electrons. The molecule has 4 heteroatoms. The minimum absolute atomic E-state index is 0.00914. The molecule has 0 aliphatic carbocycles. The molecule has 0 saturated heterocycles. The summed E-state index contributed by atoms with van der Waals surface area (Å²) in [5.74, 6) is 0.522. The molecule has 13 heavy (non-hydrogen) atoms. The Hall–Kier alpha value is -0.540. The number of ether oxygens (including phenoxy) is 1. The smallest absolute Gasteiger partial charge is 0.177 e. The van der Waals surface area contributed by atoms with E-state index in [1.165, 1.54) is 0 Å². The summed E-state index contributed by atoms with van der Waals surface area (Å²) in [7, 11) is 1.55. The van der Waals surface area contributed by atoms with E-state index in [1.807, 2.05) is 0 Å². The van der Waals surface area contributed by atoms with Gasteiger partial charge < -0.3 is 4.74 Å². The van der Waals surface area contributed by atoms with Crippen molar-refractivity contribution in [2.75, 3.05) is 13.0 Å². The van der Waals surface area contributed by atoms with Crippen molar-refractivity contribution >= 4 is 33.3 Å². The second-order valence-electron chi connectivity index (χ2n) is 2.41. The number of Topliss-reactive ketones (excluding diaryl/α,β-unsaturated/α-hetero) is 1. The van der Waals surface area contributed by atoms with Gasteiger partial charge in [-0.1, -0.05) is 0 Å². The van der Waals surface area contributed by atoms with Crippen LogP contribution in [0.3, 0.4) is 0 Å². The molecule has 1 aromatic rings. The number of rotatable bonds is 3. The van der Waals surface area contributed by atoms with Gasteiger partial charge in [-0.3, -0.25) is 4.79 Å². The highest BCUT2D eigenvalue weighted by atomic mass is 79.9. The fourth-order valence-electron chi connectivity index (χ4n) is 0.910. The van der Waals surface area contributed by atoms with Crippen LogP contribution in [0.4, 0.5) is 0 Å². The molecule has 0 unspecified atom stereocenters. The molecule has 0 saturated carbocycles. The number of carbonyl (C=O) groups is 1. The molecule has 0 aliphatic rings. The highest BCUT2D eigenvalue weighted by Crippen LogP contribution is 2.25. The summed E-state index contributed by atoms with van der Waals surface area (Å²) in [6.45, 7) is 0. The molecule has 0 bridgehead atoms. The lowest BCUT2D eigenvalue weighted by Crippen LogP contribution is -2.00. The Morgan fingerprint density at radius 1 is 1.62 bits per heavy atom. The predicted molar refractivity (Wildman–Crippen MR) is 55.7 cm³/mol. The van der Waals surface area contributed by atoms with E-state index in [1.54, 1.807) is 25.3 Å². The van der Waals surface area contributed by atoms with Gasteiger partial charge >= 0.3 is 0 Å². The van der Waals surface area contributed by atoms with Crippen LogP contribution in [0.2, 0.25) is 0 Å². The second-order valence-corrected chi connectivity index (χ2v) is 3.53. The molecule has 1 rings (SSSR count). The average molecular weight is 264 g/mol. The van der Waals surface area contributed by atoms with Crippen molar-refractivity contribution in [3.63, 3.8) is 0 Å². The van der Waals surface area contributed by atoms with Crippen molar-refractivity contribution in [2.24, 2.45) is 0 Å². The van der Waals surface area contributed by atoms with Gasteiger partial charge in [0.1, 0.15) is 5.75 Å². The van der Waals surface area contributed by atoms with Crippen LogP contribution in [0.1, 0.15) is 10.4 Å². The van der Waals surface area contributed by atoms with E-state index in [9.17, 15) is 4.79 Å². The maximum Gasteiger partial charge on any atom is 0.177 e. The van der Waals surface area contributed by atoms with Crippen molar-refractivity contribution < 1.29 is 9.53 Å². The summed E-state index contributed by atoms with van der Waals surface area (Å²) in [5, 5.41) is 0. The molecule has 0 aromatic heterocycles. The summed E-state index contributed by atoms with van der Waals surface area (Å²) in [4.78, 5) is 11.2. The van der Waals surface area contributed by atoms with Crippen LogP contribution in [-0.2, 0) is 0 Å². The molecular formula is C9H8BrClO2. The van der Waals surface area contributed by atoms with E-state index in [0.717, 1.165) is 4.47 Å². The van der Waals surface area contributed by atoms with Gasteiger partial charge in [-0.15, -0.1) is 11.6 Å². The Labute approximate surface area is 90.0 Å². The van der Waals surface area contributed by atoms with Crippen LogP contribution >= 0.6 is 27.5 Å². The van der Waals surface area contributed by atoms with Crippen molar-refractivity contribution in [1.82, 2.24) is 0 Å². The Morgan fingerprint density at radius 3 is 2.85 bits per heavy atom. The monoisotopic (exact) mass is 262 g/mol. The van der Waals surface area contributed by atoms with Gasteiger partial charge in [-0.25, -0.2) is 0 Å². The van der Waals surface area contributed by atoms with Gasteiger partial charge in [0.15, 0.2) is 5.78 Å². The minimum atomic E-state index is -0.104. The van der Waals surface area contributed by atoms with Gasteiger partial charge in [-0.2, -0.15) is 0 Å². The van der Waals surface area contributed by atoms with Crippen molar-refractivity contribution in [3.05, 3.63) is 28.2 Å². The number of hydrogen-bond donors (Lipinski definition) is 0. The number of alkyl halides is 1. The Bertz CT molecular complexity index is 325. The SMILES string of the molecule is COc1cc(C(=O)CCl)ccc1Br.